The van der Waals surface area contributed by atoms with E-state index in [0.29, 0.717) is 19.2 Å². The van der Waals surface area contributed by atoms with Gasteiger partial charge < -0.3 is 19.4 Å². The van der Waals surface area contributed by atoms with Crippen LogP contribution >= 0.6 is 12.2 Å². The molecule has 1 aromatic heterocycles. The average molecular weight is 344 g/mol. The van der Waals surface area contributed by atoms with E-state index in [1.54, 1.807) is 6.26 Å². The molecular formula is C19H24N2O2S. The Labute approximate surface area is 148 Å². The van der Waals surface area contributed by atoms with Gasteiger partial charge in [-0.3, -0.25) is 0 Å². The van der Waals surface area contributed by atoms with Gasteiger partial charge in [0.1, 0.15) is 11.5 Å². The van der Waals surface area contributed by atoms with Crippen LogP contribution in [0.3, 0.4) is 0 Å². The summed E-state index contributed by atoms with van der Waals surface area (Å²) in [5.74, 6) is 1.81. The monoisotopic (exact) mass is 344 g/mol. The minimum absolute atomic E-state index is 0.484. The minimum atomic E-state index is 0.484. The van der Waals surface area contributed by atoms with Gasteiger partial charge in [-0.05, 0) is 68.4 Å². The van der Waals surface area contributed by atoms with Gasteiger partial charge in [0.2, 0.25) is 0 Å². The van der Waals surface area contributed by atoms with Crippen LogP contribution in [0.2, 0.25) is 0 Å². The van der Waals surface area contributed by atoms with Gasteiger partial charge in [0.15, 0.2) is 5.11 Å². The fourth-order valence-electron chi connectivity index (χ4n) is 3.15. The molecule has 4 nitrogen and oxygen atoms in total. The molecule has 1 aliphatic carbocycles. The normalized spacial score (nSPS) is 14.5. The zero-order chi connectivity index (χ0) is 16.8. The Balaban J connectivity index is 1.68. The highest BCUT2D eigenvalue weighted by Gasteiger charge is 2.25. The smallest absolute Gasteiger partial charge is 0.174 e. The lowest BCUT2D eigenvalue weighted by molar-refractivity contribution is 0.286. The van der Waals surface area contributed by atoms with Crippen molar-refractivity contribution in [2.45, 2.75) is 45.2 Å². The van der Waals surface area contributed by atoms with Crippen molar-refractivity contribution >= 4 is 23.0 Å². The molecule has 1 saturated carbocycles. The van der Waals surface area contributed by atoms with E-state index in [-0.39, 0.29) is 0 Å². The minimum Gasteiger partial charge on any atom is -0.494 e. The zero-order valence-corrected chi connectivity index (χ0v) is 14.8. The number of ether oxygens (including phenoxy) is 1. The highest BCUT2D eigenvalue weighted by molar-refractivity contribution is 7.80. The van der Waals surface area contributed by atoms with Crippen molar-refractivity contribution in [3.05, 3.63) is 48.4 Å². The first-order valence-electron chi connectivity index (χ1n) is 8.59. The van der Waals surface area contributed by atoms with E-state index in [0.717, 1.165) is 22.3 Å². The van der Waals surface area contributed by atoms with Crippen molar-refractivity contribution in [1.29, 1.82) is 0 Å². The number of hydrogen-bond acceptors (Lipinski definition) is 3. The second kappa shape index (κ2) is 8.20. The van der Waals surface area contributed by atoms with Crippen LogP contribution < -0.4 is 10.1 Å². The van der Waals surface area contributed by atoms with E-state index in [4.69, 9.17) is 21.4 Å². The van der Waals surface area contributed by atoms with E-state index < -0.39 is 0 Å². The number of rotatable bonds is 6. The summed E-state index contributed by atoms with van der Waals surface area (Å²) in [6.45, 7) is 3.36. The van der Waals surface area contributed by atoms with Crippen LogP contribution in [-0.4, -0.2) is 22.7 Å². The van der Waals surface area contributed by atoms with Crippen molar-refractivity contribution < 1.29 is 9.15 Å². The molecule has 0 radical (unpaired) electrons. The lowest BCUT2D eigenvalue weighted by Crippen LogP contribution is -2.40. The van der Waals surface area contributed by atoms with Crippen molar-refractivity contribution in [3.8, 4) is 5.75 Å². The highest BCUT2D eigenvalue weighted by Crippen LogP contribution is 2.26. The Hall–Kier alpha value is -2.01. The number of nitrogens with one attached hydrogen (secondary N) is 1. The van der Waals surface area contributed by atoms with Gasteiger partial charge in [-0.1, -0.05) is 12.8 Å². The van der Waals surface area contributed by atoms with Gasteiger partial charge in [0.05, 0.1) is 19.4 Å². The Morgan fingerprint density at radius 3 is 2.62 bits per heavy atom. The lowest BCUT2D eigenvalue weighted by atomic mass is 10.2. The second-order valence-electron chi connectivity index (χ2n) is 6.03. The van der Waals surface area contributed by atoms with Crippen LogP contribution in [0, 0.1) is 0 Å². The van der Waals surface area contributed by atoms with E-state index in [1.807, 2.05) is 43.3 Å². The number of thiocarbonyl (C=S) groups is 1. The van der Waals surface area contributed by atoms with E-state index in [9.17, 15) is 0 Å². The van der Waals surface area contributed by atoms with E-state index in [1.165, 1.54) is 25.7 Å². The third-order valence-corrected chi connectivity index (χ3v) is 4.69. The Morgan fingerprint density at radius 1 is 1.25 bits per heavy atom. The molecule has 0 aliphatic heterocycles. The molecule has 1 N–H and O–H groups in total. The lowest BCUT2D eigenvalue weighted by Gasteiger charge is -2.31. The Kier molecular flexibility index (Phi) is 5.75. The molecule has 128 valence electrons. The summed E-state index contributed by atoms with van der Waals surface area (Å²) in [5.41, 5.74) is 0.978. The molecular weight excluding hydrogens is 320 g/mol. The third kappa shape index (κ3) is 4.29. The SMILES string of the molecule is CCOc1ccc(NC(=S)N(Cc2ccco2)C2CCCC2)cc1. The molecule has 0 unspecified atom stereocenters. The topological polar surface area (TPSA) is 37.6 Å². The molecule has 0 bridgehead atoms. The third-order valence-electron chi connectivity index (χ3n) is 4.35. The maximum absolute atomic E-state index is 5.69. The van der Waals surface area contributed by atoms with Gasteiger partial charge in [0, 0.05) is 11.7 Å². The van der Waals surface area contributed by atoms with Crippen molar-refractivity contribution in [3.63, 3.8) is 0 Å². The Morgan fingerprint density at radius 2 is 2.00 bits per heavy atom. The quantitative estimate of drug-likeness (QED) is 0.761. The maximum Gasteiger partial charge on any atom is 0.174 e. The molecule has 0 saturated heterocycles. The zero-order valence-electron chi connectivity index (χ0n) is 14.0. The summed E-state index contributed by atoms with van der Waals surface area (Å²) in [7, 11) is 0. The highest BCUT2D eigenvalue weighted by atomic mass is 32.1. The summed E-state index contributed by atoms with van der Waals surface area (Å²) < 4.78 is 11.0. The van der Waals surface area contributed by atoms with E-state index >= 15 is 0 Å². The van der Waals surface area contributed by atoms with Gasteiger partial charge in [-0.15, -0.1) is 0 Å². The second-order valence-corrected chi connectivity index (χ2v) is 6.42. The maximum atomic E-state index is 5.69. The van der Waals surface area contributed by atoms with Gasteiger partial charge in [-0.2, -0.15) is 0 Å². The molecule has 2 aromatic rings. The van der Waals surface area contributed by atoms with Gasteiger partial charge >= 0.3 is 0 Å². The molecule has 1 heterocycles. The summed E-state index contributed by atoms with van der Waals surface area (Å²) >= 11 is 5.69. The van der Waals surface area contributed by atoms with Crippen LogP contribution in [0.25, 0.3) is 0 Å². The molecule has 0 atom stereocenters. The van der Waals surface area contributed by atoms with Crippen LogP contribution in [0.5, 0.6) is 5.75 Å². The summed E-state index contributed by atoms with van der Waals surface area (Å²) in [6.07, 6.45) is 6.62. The summed E-state index contributed by atoms with van der Waals surface area (Å²) in [6, 6.07) is 12.3. The fourth-order valence-corrected chi connectivity index (χ4v) is 3.48. The van der Waals surface area contributed by atoms with Gasteiger partial charge in [0.25, 0.3) is 0 Å². The molecule has 0 amide bonds. The van der Waals surface area contributed by atoms with Crippen LogP contribution in [-0.2, 0) is 6.54 Å². The number of benzene rings is 1. The first-order valence-corrected chi connectivity index (χ1v) is 9.00. The van der Waals surface area contributed by atoms with Crippen molar-refractivity contribution in [2.24, 2.45) is 0 Å². The van der Waals surface area contributed by atoms with Crippen molar-refractivity contribution in [1.82, 2.24) is 4.90 Å². The standard InChI is InChI=1S/C19H24N2O2S/c1-2-22-17-11-9-15(10-12-17)20-19(24)21(16-6-3-4-7-16)14-18-8-5-13-23-18/h5,8-13,16H,2-4,6-7,14H2,1H3,(H,20,24). The Bertz CT molecular complexity index is 634. The predicted molar refractivity (Wildman–Crippen MR) is 100 cm³/mol. The van der Waals surface area contributed by atoms with E-state index in [2.05, 4.69) is 10.2 Å². The number of anilines is 1. The first kappa shape index (κ1) is 16.8. The first-order chi connectivity index (χ1) is 11.8. The molecule has 0 spiro atoms. The van der Waals surface area contributed by atoms with Crippen LogP contribution in [0.4, 0.5) is 5.69 Å². The molecule has 3 rings (SSSR count). The molecule has 1 aliphatic rings. The molecule has 24 heavy (non-hydrogen) atoms. The number of furan rings is 1. The summed E-state index contributed by atoms with van der Waals surface area (Å²) in [5, 5.41) is 4.11. The number of nitrogens with zero attached hydrogens (tertiary/aromatic N) is 1. The van der Waals surface area contributed by atoms with Crippen LogP contribution in [0.15, 0.2) is 47.1 Å². The largest absolute Gasteiger partial charge is 0.494 e. The molecule has 1 aromatic carbocycles. The van der Waals surface area contributed by atoms with Gasteiger partial charge in [-0.25, -0.2) is 0 Å². The predicted octanol–water partition coefficient (Wildman–Crippen LogP) is 4.82. The van der Waals surface area contributed by atoms with Crippen molar-refractivity contribution in [2.75, 3.05) is 11.9 Å². The number of hydrogen-bond donors (Lipinski definition) is 1. The average Bonchev–Trinajstić information content (AvgIpc) is 3.28. The molecule has 5 heteroatoms. The van der Waals surface area contributed by atoms with Crippen LogP contribution in [0.1, 0.15) is 38.4 Å². The summed E-state index contributed by atoms with van der Waals surface area (Å²) in [4.78, 5) is 2.26. The molecule has 1 fully saturated rings. The fraction of sp³-hybridized carbons (Fsp3) is 0.421.